The van der Waals surface area contributed by atoms with E-state index in [1.54, 1.807) is 30.3 Å². The number of benzene rings is 2. The van der Waals surface area contributed by atoms with Crippen LogP contribution < -0.4 is 10.1 Å². The van der Waals surface area contributed by atoms with E-state index in [1.807, 2.05) is 12.1 Å². The quantitative estimate of drug-likeness (QED) is 0.822. The lowest BCUT2D eigenvalue weighted by molar-refractivity contribution is -0.119. The third-order valence-corrected chi connectivity index (χ3v) is 4.92. The number of hydrogen-bond acceptors (Lipinski definition) is 4. The molecule has 2 aromatic carbocycles. The molecule has 2 aromatic rings. The zero-order valence-corrected chi connectivity index (χ0v) is 16.7. The summed E-state index contributed by atoms with van der Waals surface area (Å²) in [6.45, 7) is 7.75. The van der Waals surface area contributed by atoms with E-state index in [-0.39, 0.29) is 5.41 Å². The Bertz CT molecular complexity index is 924. The normalized spacial score (nSPS) is 14.7. The van der Waals surface area contributed by atoms with Gasteiger partial charge in [-0.25, -0.2) is 0 Å². The first kappa shape index (κ1) is 19.6. The second-order valence-electron chi connectivity index (χ2n) is 7.86. The van der Waals surface area contributed by atoms with Gasteiger partial charge in [-0.1, -0.05) is 39.0 Å². The predicted octanol–water partition coefficient (Wildman–Crippen LogP) is 3.62. The van der Waals surface area contributed by atoms with Gasteiger partial charge in [0.1, 0.15) is 11.8 Å². The number of nitrogens with one attached hydrogen (secondary N) is 1. The van der Waals surface area contributed by atoms with Crippen molar-refractivity contribution in [3.8, 4) is 5.75 Å². The Morgan fingerprint density at radius 1 is 1.04 bits per heavy atom. The van der Waals surface area contributed by atoms with E-state index in [2.05, 4.69) is 26.1 Å². The Morgan fingerprint density at radius 3 is 2.11 bits per heavy atom. The number of anilines is 1. The molecule has 0 fully saturated rings. The van der Waals surface area contributed by atoms with Crippen LogP contribution in [0.25, 0.3) is 0 Å². The molecule has 28 heavy (non-hydrogen) atoms. The minimum Gasteiger partial charge on any atom is -0.495 e. The van der Waals surface area contributed by atoms with Crippen LogP contribution in [0.2, 0.25) is 0 Å². The molecule has 1 aliphatic heterocycles. The molecule has 1 atom stereocenters. The highest BCUT2D eigenvalue weighted by Crippen LogP contribution is 2.32. The lowest BCUT2D eigenvalue weighted by atomic mass is 9.87. The number of ether oxygens (including phenoxy) is 1. The predicted molar refractivity (Wildman–Crippen MR) is 107 cm³/mol. The van der Waals surface area contributed by atoms with Crippen molar-refractivity contribution >= 4 is 23.4 Å². The summed E-state index contributed by atoms with van der Waals surface area (Å²) >= 11 is 0. The van der Waals surface area contributed by atoms with Gasteiger partial charge in [0.2, 0.25) is 5.91 Å². The number of imide groups is 1. The Balaban J connectivity index is 1.86. The van der Waals surface area contributed by atoms with E-state index in [0.29, 0.717) is 22.6 Å². The van der Waals surface area contributed by atoms with E-state index in [9.17, 15) is 14.4 Å². The van der Waals surface area contributed by atoms with Gasteiger partial charge in [0.05, 0.1) is 23.9 Å². The highest BCUT2D eigenvalue weighted by molar-refractivity contribution is 6.23. The number of nitrogens with zero attached hydrogens (tertiary/aromatic N) is 1. The minimum absolute atomic E-state index is 0.111. The van der Waals surface area contributed by atoms with Crippen molar-refractivity contribution in [2.24, 2.45) is 0 Å². The molecule has 0 spiro atoms. The molecule has 0 bridgehead atoms. The van der Waals surface area contributed by atoms with Crippen molar-refractivity contribution in [2.45, 2.75) is 39.2 Å². The molecule has 3 rings (SSSR count). The first-order valence-corrected chi connectivity index (χ1v) is 9.11. The van der Waals surface area contributed by atoms with Crippen molar-refractivity contribution < 1.29 is 19.1 Å². The molecule has 0 aromatic heterocycles. The van der Waals surface area contributed by atoms with Gasteiger partial charge in [-0.05, 0) is 42.2 Å². The molecular formula is C22H24N2O4. The summed E-state index contributed by atoms with van der Waals surface area (Å²) in [5.74, 6) is -0.868. The number of carbonyl (C=O) groups is 3. The van der Waals surface area contributed by atoms with Gasteiger partial charge in [0.25, 0.3) is 11.8 Å². The molecular weight excluding hydrogens is 356 g/mol. The van der Waals surface area contributed by atoms with Crippen LogP contribution in [0, 0.1) is 0 Å². The topological polar surface area (TPSA) is 75.7 Å². The molecule has 6 nitrogen and oxygen atoms in total. The van der Waals surface area contributed by atoms with E-state index >= 15 is 0 Å². The molecule has 0 saturated carbocycles. The van der Waals surface area contributed by atoms with E-state index in [1.165, 1.54) is 14.0 Å². The van der Waals surface area contributed by atoms with Crippen LogP contribution in [-0.2, 0) is 10.2 Å². The van der Waals surface area contributed by atoms with Gasteiger partial charge in [-0.15, -0.1) is 0 Å². The Morgan fingerprint density at radius 2 is 1.61 bits per heavy atom. The maximum Gasteiger partial charge on any atom is 0.262 e. The molecule has 1 N–H and O–H groups in total. The fraction of sp³-hybridized carbons (Fsp3) is 0.318. The SMILES string of the molecule is COc1ccc(C(C)(C)C)cc1NC(=O)[C@@H](C)N1C(=O)c2ccccc2C1=O. The number of methoxy groups -OCH3 is 1. The Labute approximate surface area is 164 Å². The van der Waals surface area contributed by atoms with Gasteiger partial charge in [-0.3, -0.25) is 19.3 Å². The van der Waals surface area contributed by atoms with Crippen LogP contribution in [-0.4, -0.2) is 35.8 Å². The smallest absolute Gasteiger partial charge is 0.262 e. The lowest BCUT2D eigenvalue weighted by Gasteiger charge is -2.24. The third kappa shape index (κ3) is 3.38. The summed E-state index contributed by atoms with van der Waals surface area (Å²) < 4.78 is 5.35. The number of hydrogen-bond donors (Lipinski definition) is 1. The molecule has 6 heteroatoms. The molecule has 1 heterocycles. The molecule has 146 valence electrons. The molecule has 0 aliphatic carbocycles. The minimum atomic E-state index is -0.963. The number of rotatable bonds is 4. The average Bonchev–Trinajstić information content (AvgIpc) is 2.91. The summed E-state index contributed by atoms with van der Waals surface area (Å²) in [7, 11) is 1.52. The lowest BCUT2D eigenvalue weighted by Crippen LogP contribution is -2.45. The van der Waals surface area contributed by atoms with Crippen LogP contribution in [0.5, 0.6) is 5.75 Å². The van der Waals surface area contributed by atoms with Crippen LogP contribution in [0.1, 0.15) is 54.0 Å². The van der Waals surface area contributed by atoms with Gasteiger partial charge in [0.15, 0.2) is 0 Å². The van der Waals surface area contributed by atoms with Crippen LogP contribution >= 0.6 is 0 Å². The first-order valence-electron chi connectivity index (χ1n) is 9.11. The van der Waals surface area contributed by atoms with Crippen LogP contribution in [0.4, 0.5) is 5.69 Å². The number of carbonyl (C=O) groups excluding carboxylic acids is 3. The molecule has 1 aliphatic rings. The highest BCUT2D eigenvalue weighted by atomic mass is 16.5. The highest BCUT2D eigenvalue weighted by Gasteiger charge is 2.40. The van der Waals surface area contributed by atoms with Gasteiger partial charge < -0.3 is 10.1 Å². The Hall–Kier alpha value is -3.15. The molecule has 0 radical (unpaired) electrons. The van der Waals surface area contributed by atoms with Crippen molar-refractivity contribution in [1.29, 1.82) is 0 Å². The average molecular weight is 380 g/mol. The number of fused-ring (bicyclic) bond motifs is 1. The summed E-state index contributed by atoms with van der Waals surface area (Å²) in [4.78, 5) is 39.1. The monoisotopic (exact) mass is 380 g/mol. The molecule has 0 unspecified atom stereocenters. The largest absolute Gasteiger partial charge is 0.495 e. The second-order valence-corrected chi connectivity index (χ2v) is 7.86. The molecule has 0 saturated heterocycles. The van der Waals surface area contributed by atoms with E-state index in [4.69, 9.17) is 4.74 Å². The zero-order chi connectivity index (χ0) is 20.6. The maximum atomic E-state index is 12.9. The summed E-state index contributed by atoms with van der Waals surface area (Å²) in [5, 5.41) is 2.81. The van der Waals surface area contributed by atoms with Crippen molar-refractivity contribution in [3.05, 3.63) is 59.2 Å². The maximum absolute atomic E-state index is 12.9. The van der Waals surface area contributed by atoms with Gasteiger partial charge in [0, 0.05) is 0 Å². The van der Waals surface area contributed by atoms with Crippen molar-refractivity contribution in [3.63, 3.8) is 0 Å². The number of amides is 3. The van der Waals surface area contributed by atoms with E-state index in [0.717, 1.165) is 10.5 Å². The van der Waals surface area contributed by atoms with E-state index < -0.39 is 23.8 Å². The summed E-state index contributed by atoms with van der Waals surface area (Å²) in [6.07, 6.45) is 0. The van der Waals surface area contributed by atoms with Crippen molar-refractivity contribution in [1.82, 2.24) is 4.90 Å². The van der Waals surface area contributed by atoms with Gasteiger partial charge in [-0.2, -0.15) is 0 Å². The summed E-state index contributed by atoms with van der Waals surface area (Å²) in [5.41, 5.74) is 2.05. The van der Waals surface area contributed by atoms with Crippen molar-refractivity contribution in [2.75, 3.05) is 12.4 Å². The van der Waals surface area contributed by atoms with Crippen LogP contribution in [0.3, 0.4) is 0 Å². The second kappa shape index (κ2) is 7.11. The molecule has 3 amide bonds. The fourth-order valence-electron chi connectivity index (χ4n) is 3.19. The first-order chi connectivity index (χ1) is 13.1. The Kier molecular flexibility index (Phi) is 4.98. The standard InChI is InChI=1S/C22H24N2O4/c1-13(24-20(26)15-8-6-7-9-16(15)21(24)27)19(25)23-17-12-14(22(2,3)4)10-11-18(17)28-5/h6-13H,1-5H3,(H,23,25)/t13-/m1/s1. The fourth-order valence-corrected chi connectivity index (χ4v) is 3.19. The van der Waals surface area contributed by atoms with Gasteiger partial charge >= 0.3 is 0 Å². The van der Waals surface area contributed by atoms with Crippen LogP contribution in [0.15, 0.2) is 42.5 Å². The third-order valence-electron chi connectivity index (χ3n) is 4.92. The summed E-state index contributed by atoms with van der Waals surface area (Å²) in [6, 6.07) is 11.2. The zero-order valence-electron chi connectivity index (χ0n) is 16.7.